The summed E-state index contributed by atoms with van der Waals surface area (Å²) in [4.78, 5) is 8.33. The van der Waals surface area contributed by atoms with Gasteiger partial charge in [-0.05, 0) is 43.2 Å². The third-order valence-corrected chi connectivity index (χ3v) is 4.79. The molecule has 116 valence electrons. The number of alkyl halides is 1. The Balaban J connectivity index is 1.87. The summed E-state index contributed by atoms with van der Waals surface area (Å²) >= 11 is 1.79. The summed E-state index contributed by atoms with van der Waals surface area (Å²) in [5.74, 6) is 0.227. The summed E-state index contributed by atoms with van der Waals surface area (Å²) in [5.41, 5.74) is 3.29. The van der Waals surface area contributed by atoms with Gasteiger partial charge in [0.2, 0.25) is 0 Å². The zero-order valence-electron chi connectivity index (χ0n) is 13.1. The Labute approximate surface area is 135 Å². The highest BCUT2D eigenvalue weighted by atomic mass is 32.2. The standard InChI is InChI=1S/C17H20FN3S/c1-17(2,18)16-19-9-15(10-20-16)12-4-5-14-11-21(22-3)7-6-13(14)8-12/h4-5,8-10H,6-7,11H2,1-3H3. The van der Waals surface area contributed by atoms with Crippen LogP contribution in [0.15, 0.2) is 30.6 Å². The van der Waals surface area contributed by atoms with Gasteiger partial charge < -0.3 is 0 Å². The quantitative estimate of drug-likeness (QED) is 0.801. The molecule has 1 aromatic heterocycles. The molecular formula is C17H20FN3S. The van der Waals surface area contributed by atoms with Crippen LogP contribution >= 0.6 is 11.9 Å². The molecule has 2 aromatic rings. The lowest BCUT2D eigenvalue weighted by atomic mass is 9.96. The highest BCUT2D eigenvalue weighted by Crippen LogP contribution is 2.28. The zero-order valence-corrected chi connectivity index (χ0v) is 14.0. The van der Waals surface area contributed by atoms with Crippen LogP contribution in [-0.4, -0.2) is 27.1 Å². The first-order chi connectivity index (χ1) is 10.5. The van der Waals surface area contributed by atoms with Crippen molar-refractivity contribution in [1.29, 1.82) is 0 Å². The van der Waals surface area contributed by atoms with Gasteiger partial charge in [0.05, 0.1) is 0 Å². The lowest BCUT2D eigenvalue weighted by Gasteiger charge is -2.26. The highest BCUT2D eigenvalue weighted by Gasteiger charge is 2.22. The summed E-state index contributed by atoms with van der Waals surface area (Å²) in [6.07, 6.45) is 6.59. The molecule has 2 heterocycles. The van der Waals surface area contributed by atoms with Crippen LogP contribution in [0.4, 0.5) is 4.39 Å². The average molecular weight is 317 g/mol. The fraction of sp³-hybridized carbons (Fsp3) is 0.412. The lowest BCUT2D eigenvalue weighted by molar-refractivity contribution is 0.206. The van der Waals surface area contributed by atoms with Crippen molar-refractivity contribution in [3.8, 4) is 11.1 Å². The van der Waals surface area contributed by atoms with E-state index in [1.165, 1.54) is 25.0 Å². The molecule has 22 heavy (non-hydrogen) atoms. The number of hydrogen-bond donors (Lipinski definition) is 0. The van der Waals surface area contributed by atoms with Gasteiger partial charge in [-0.1, -0.05) is 30.1 Å². The normalized spacial score (nSPS) is 15.6. The van der Waals surface area contributed by atoms with Gasteiger partial charge in [0.25, 0.3) is 0 Å². The van der Waals surface area contributed by atoms with E-state index in [4.69, 9.17) is 0 Å². The summed E-state index contributed by atoms with van der Waals surface area (Å²) in [6.45, 7) is 5.00. The van der Waals surface area contributed by atoms with Crippen molar-refractivity contribution >= 4 is 11.9 Å². The molecule has 0 spiro atoms. The second-order valence-electron chi connectivity index (χ2n) is 6.05. The largest absolute Gasteiger partial charge is 0.246 e. The average Bonchev–Trinajstić information content (AvgIpc) is 2.53. The minimum Gasteiger partial charge on any atom is -0.246 e. The van der Waals surface area contributed by atoms with Crippen LogP contribution in [0.2, 0.25) is 0 Å². The Morgan fingerprint density at radius 3 is 2.50 bits per heavy atom. The molecule has 0 N–H and O–H groups in total. The second-order valence-corrected chi connectivity index (χ2v) is 6.93. The first kappa shape index (κ1) is 15.4. The third-order valence-electron chi connectivity index (χ3n) is 3.96. The van der Waals surface area contributed by atoms with E-state index in [1.54, 1.807) is 24.3 Å². The van der Waals surface area contributed by atoms with Gasteiger partial charge in [-0.15, -0.1) is 0 Å². The Morgan fingerprint density at radius 1 is 1.14 bits per heavy atom. The maximum atomic E-state index is 13.8. The first-order valence-corrected chi connectivity index (χ1v) is 8.58. The topological polar surface area (TPSA) is 29.0 Å². The van der Waals surface area contributed by atoms with Crippen molar-refractivity contribution < 1.29 is 4.39 Å². The SMILES string of the molecule is CSN1CCc2cc(-c3cnc(C(C)(C)F)nc3)ccc2C1. The van der Waals surface area contributed by atoms with Gasteiger partial charge in [-0.3, -0.25) is 0 Å². The Bertz CT molecular complexity index is 665. The Hall–Kier alpha value is -1.46. The molecular weight excluding hydrogens is 297 g/mol. The molecule has 0 fully saturated rings. The van der Waals surface area contributed by atoms with Crippen LogP contribution in [0.5, 0.6) is 0 Å². The monoisotopic (exact) mass is 317 g/mol. The molecule has 0 bridgehead atoms. The predicted octanol–water partition coefficient (Wildman–Crippen LogP) is 3.98. The van der Waals surface area contributed by atoms with E-state index in [0.717, 1.165) is 30.6 Å². The second kappa shape index (κ2) is 5.97. The highest BCUT2D eigenvalue weighted by molar-refractivity contribution is 7.96. The molecule has 1 aromatic carbocycles. The molecule has 0 saturated carbocycles. The van der Waals surface area contributed by atoms with E-state index >= 15 is 0 Å². The maximum absolute atomic E-state index is 13.8. The van der Waals surface area contributed by atoms with E-state index in [2.05, 4.69) is 38.7 Å². The maximum Gasteiger partial charge on any atom is 0.165 e. The van der Waals surface area contributed by atoms with E-state index in [9.17, 15) is 4.39 Å². The first-order valence-electron chi connectivity index (χ1n) is 7.40. The van der Waals surface area contributed by atoms with E-state index in [0.29, 0.717) is 0 Å². The van der Waals surface area contributed by atoms with Crippen LogP contribution in [-0.2, 0) is 18.6 Å². The third kappa shape index (κ3) is 3.15. The minimum atomic E-state index is -1.50. The van der Waals surface area contributed by atoms with Crippen LogP contribution in [0.3, 0.4) is 0 Å². The summed E-state index contributed by atoms with van der Waals surface area (Å²) in [6, 6.07) is 6.49. The number of benzene rings is 1. The van der Waals surface area contributed by atoms with Gasteiger partial charge in [-0.2, -0.15) is 0 Å². The van der Waals surface area contributed by atoms with Crippen LogP contribution in [0, 0.1) is 0 Å². The smallest absolute Gasteiger partial charge is 0.165 e. The number of fused-ring (bicyclic) bond motifs is 1. The zero-order chi connectivity index (χ0) is 15.7. The van der Waals surface area contributed by atoms with E-state index < -0.39 is 5.67 Å². The van der Waals surface area contributed by atoms with Crippen molar-refractivity contribution in [2.75, 3.05) is 12.8 Å². The fourth-order valence-corrected chi connectivity index (χ4v) is 3.19. The molecule has 1 aliphatic rings. The van der Waals surface area contributed by atoms with E-state index in [-0.39, 0.29) is 5.82 Å². The van der Waals surface area contributed by atoms with E-state index in [1.807, 2.05) is 0 Å². The number of nitrogens with zero attached hydrogens (tertiary/aromatic N) is 3. The van der Waals surface area contributed by atoms with Crippen LogP contribution in [0.1, 0.15) is 30.8 Å². The van der Waals surface area contributed by atoms with Crippen LogP contribution < -0.4 is 0 Å². The molecule has 0 amide bonds. The van der Waals surface area contributed by atoms with Gasteiger partial charge >= 0.3 is 0 Å². The minimum absolute atomic E-state index is 0.227. The molecule has 3 rings (SSSR count). The van der Waals surface area contributed by atoms with Crippen molar-refractivity contribution in [3.63, 3.8) is 0 Å². The number of hydrogen-bond acceptors (Lipinski definition) is 4. The molecule has 0 saturated heterocycles. The van der Waals surface area contributed by atoms with Crippen molar-refractivity contribution in [2.24, 2.45) is 0 Å². The predicted molar refractivity (Wildman–Crippen MR) is 89.2 cm³/mol. The molecule has 0 unspecified atom stereocenters. The van der Waals surface area contributed by atoms with Crippen molar-refractivity contribution in [3.05, 3.63) is 47.5 Å². The number of halogens is 1. The van der Waals surface area contributed by atoms with Crippen molar-refractivity contribution in [1.82, 2.24) is 14.3 Å². The molecule has 0 aliphatic carbocycles. The van der Waals surface area contributed by atoms with Gasteiger partial charge in [0.1, 0.15) is 0 Å². The van der Waals surface area contributed by atoms with Gasteiger partial charge in [-0.25, -0.2) is 18.7 Å². The molecule has 0 radical (unpaired) electrons. The summed E-state index contributed by atoms with van der Waals surface area (Å²) in [7, 11) is 0. The van der Waals surface area contributed by atoms with Gasteiger partial charge in [0, 0.05) is 31.0 Å². The number of rotatable bonds is 3. The van der Waals surface area contributed by atoms with Gasteiger partial charge in [0.15, 0.2) is 11.5 Å². The fourth-order valence-electron chi connectivity index (χ4n) is 2.65. The summed E-state index contributed by atoms with van der Waals surface area (Å²) in [5, 5.41) is 0. The Morgan fingerprint density at radius 2 is 1.86 bits per heavy atom. The van der Waals surface area contributed by atoms with Crippen LogP contribution in [0.25, 0.3) is 11.1 Å². The molecule has 5 heteroatoms. The van der Waals surface area contributed by atoms with Crippen molar-refractivity contribution in [2.45, 2.75) is 32.5 Å². The molecule has 1 aliphatic heterocycles. The molecule has 3 nitrogen and oxygen atoms in total. The lowest BCUT2D eigenvalue weighted by Crippen LogP contribution is -2.24. The summed E-state index contributed by atoms with van der Waals surface area (Å²) < 4.78 is 16.2. The molecule has 0 atom stereocenters. The Kier molecular flexibility index (Phi) is 4.19. The number of aromatic nitrogens is 2.